The fourth-order valence-electron chi connectivity index (χ4n) is 2.19. The Kier molecular flexibility index (Phi) is 2.25. The fraction of sp³-hybridized carbons (Fsp3) is 0.429. The van der Waals surface area contributed by atoms with Gasteiger partial charge in [-0.15, -0.1) is 0 Å². The normalized spacial score (nSPS) is 15.9. The van der Waals surface area contributed by atoms with Crippen LogP contribution in [-0.4, -0.2) is 11.0 Å². The zero-order chi connectivity index (χ0) is 11.1. The highest BCUT2D eigenvalue weighted by atomic mass is 14.9. The van der Waals surface area contributed by atoms with Gasteiger partial charge in [-0.2, -0.15) is 0 Å². The largest absolute Gasteiger partial charge is 0.361 e. The van der Waals surface area contributed by atoms with Crippen LogP contribution in [0.5, 0.6) is 0 Å². The Morgan fingerprint density at radius 3 is 2.88 bits per heavy atom. The minimum atomic E-state index is 0.775. The molecule has 1 aliphatic carbocycles. The zero-order valence-corrected chi connectivity index (χ0v) is 9.93. The molecule has 1 aromatic carbocycles. The standard InChI is InChI=1S/C14H18N2/c1-9-3-6-13-11(7-15-12-4-5-12)8-16-14(13)10(9)2/h3,6,8,12,15-16H,4-5,7H2,1-2H3. The monoisotopic (exact) mass is 214 g/mol. The Balaban J connectivity index is 1.96. The molecule has 2 N–H and O–H groups in total. The third kappa shape index (κ3) is 1.63. The molecule has 3 rings (SSSR count). The molecule has 0 saturated heterocycles. The average Bonchev–Trinajstić information content (AvgIpc) is 3.01. The molecule has 16 heavy (non-hydrogen) atoms. The van der Waals surface area contributed by atoms with Gasteiger partial charge < -0.3 is 10.3 Å². The van der Waals surface area contributed by atoms with E-state index in [0.717, 1.165) is 12.6 Å². The van der Waals surface area contributed by atoms with Crippen molar-refractivity contribution in [2.75, 3.05) is 0 Å². The Hall–Kier alpha value is -1.28. The maximum atomic E-state index is 3.57. The van der Waals surface area contributed by atoms with Gasteiger partial charge in [-0.1, -0.05) is 12.1 Å². The molecule has 2 nitrogen and oxygen atoms in total. The minimum Gasteiger partial charge on any atom is -0.361 e. The number of hydrogen-bond donors (Lipinski definition) is 2. The number of aromatic nitrogens is 1. The summed E-state index contributed by atoms with van der Waals surface area (Å²) in [5.41, 5.74) is 5.42. The SMILES string of the molecule is Cc1ccc2c(CNC3CC3)c[nH]c2c1C. The van der Waals surface area contributed by atoms with Gasteiger partial charge in [0.2, 0.25) is 0 Å². The molecule has 0 spiro atoms. The van der Waals surface area contributed by atoms with Crippen LogP contribution in [0.4, 0.5) is 0 Å². The van der Waals surface area contributed by atoms with E-state index in [2.05, 4.69) is 42.5 Å². The molecule has 0 radical (unpaired) electrons. The van der Waals surface area contributed by atoms with E-state index in [-0.39, 0.29) is 0 Å². The Morgan fingerprint density at radius 2 is 2.12 bits per heavy atom. The fourth-order valence-corrected chi connectivity index (χ4v) is 2.19. The highest BCUT2D eigenvalue weighted by Crippen LogP contribution is 2.25. The summed E-state index contributed by atoms with van der Waals surface area (Å²) in [7, 11) is 0. The number of aryl methyl sites for hydroxylation is 2. The molecule has 0 aliphatic heterocycles. The second kappa shape index (κ2) is 3.63. The van der Waals surface area contributed by atoms with Gasteiger partial charge in [0.15, 0.2) is 0 Å². The molecular formula is C14H18N2. The van der Waals surface area contributed by atoms with Crippen LogP contribution in [0, 0.1) is 13.8 Å². The molecular weight excluding hydrogens is 196 g/mol. The van der Waals surface area contributed by atoms with E-state index in [0.29, 0.717) is 0 Å². The van der Waals surface area contributed by atoms with E-state index in [1.807, 2.05) is 0 Å². The van der Waals surface area contributed by atoms with Crippen LogP contribution in [-0.2, 0) is 6.54 Å². The molecule has 1 aliphatic rings. The number of benzene rings is 1. The summed E-state index contributed by atoms with van der Waals surface area (Å²) in [6.45, 7) is 5.34. The third-order valence-electron chi connectivity index (χ3n) is 3.63. The highest BCUT2D eigenvalue weighted by molar-refractivity contribution is 5.86. The first-order valence-corrected chi connectivity index (χ1v) is 6.05. The molecule has 1 fully saturated rings. The topological polar surface area (TPSA) is 27.8 Å². The predicted octanol–water partition coefficient (Wildman–Crippen LogP) is 3.04. The van der Waals surface area contributed by atoms with Crippen molar-refractivity contribution < 1.29 is 0 Å². The van der Waals surface area contributed by atoms with Crippen LogP contribution in [0.1, 0.15) is 29.5 Å². The molecule has 0 amide bonds. The van der Waals surface area contributed by atoms with Gasteiger partial charge in [0.1, 0.15) is 0 Å². The second-order valence-electron chi connectivity index (χ2n) is 4.90. The van der Waals surface area contributed by atoms with E-state index in [1.54, 1.807) is 0 Å². The molecule has 1 aromatic heterocycles. The van der Waals surface area contributed by atoms with Gasteiger partial charge in [-0.3, -0.25) is 0 Å². The van der Waals surface area contributed by atoms with E-state index >= 15 is 0 Å². The maximum Gasteiger partial charge on any atom is 0.0489 e. The van der Waals surface area contributed by atoms with Crippen LogP contribution >= 0.6 is 0 Å². The van der Waals surface area contributed by atoms with Crippen molar-refractivity contribution in [3.8, 4) is 0 Å². The van der Waals surface area contributed by atoms with Gasteiger partial charge in [0.25, 0.3) is 0 Å². The summed E-state index contributed by atoms with van der Waals surface area (Å²) in [5.74, 6) is 0. The van der Waals surface area contributed by atoms with Crippen molar-refractivity contribution in [2.24, 2.45) is 0 Å². The van der Waals surface area contributed by atoms with Crippen LogP contribution in [0.25, 0.3) is 10.9 Å². The Morgan fingerprint density at radius 1 is 1.31 bits per heavy atom. The smallest absolute Gasteiger partial charge is 0.0489 e. The van der Waals surface area contributed by atoms with Crippen molar-refractivity contribution in [1.29, 1.82) is 0 Å². The molecule has 1 heterocycles. The van der Waals surface area contributed by atoms with Gasteiger partial charge in [0.05, 0.1) is 0 Å². The van der Waals surface area contributed by atoms with E-state index in [9.17, 15) is 0 Å². The number of fused-ring (bicyclic) bond motifs is 1. The second-order valence-corrected chi connectivity index (χ2v) is 4.90. The number of hydrogen-bond acceptors (Lipinski definition) is 1. The van der Waals surface area contributed by atoms with Crippen molar-refractivity contribution in [3.63, 3.8) is 0 Å². The first-order valence-electron chi connectivity index (χ1n) is 6.05. The Bertz CT molecular complexity index is 521. The average molecular weight is 214 g/mol. The third-order valence-corrected chi connectivity index (χ3v) is 3.63. The van der Waals surface area contributed by atoms with Crippen LogP contribution in [0.15, 0.2) is 18.3 Å². The first-order chi connectivity index (χ1) is 7.75. The summed E-state index contributed by atoms with van der Waals surface area (Å²) < 4.78 is 0. The Labute approximate surface area is 96.1 Å². The van der Waals surface area contributed by atoms with Gasteiger partial charge in [0, 0.05) is 29.7 Å². The molecule has 84 valence electrons. The molecule has 0 atom stereocenters. The molecule has 0 unspecified atom stereocenters. The molecule has 0 bridgehead atoms. The van der Waals surface area contributed by atoms with E-state index < -0.39 is 0 Å². The number of nitrogens with one attached hydrogen (secondary N) is 2. The lowest BCUT2D eigenvalue weighted by Crippen LogP contribution is -2.14. The lowest BCUT2D eigenvalue weighted by molar-refractivity contribution is 0.691. The van der Waals surface area contributed by atoms with Gasteiger partial charge >= 0.3 is 0 Å². The van der Waals surface area contributed by atoms with Crippen molar-refractivity contribution in [2.45, 2.75) is 39.3 Å². The predicted molar refractivity (Wildman–Crippen MR) is 67.6 cm³/mol. The van der Waals surface area contributed by atoms with Crippen LogP contribution < -0.4 is 5.32 Å². The zero-order valence-electron chi connectivity index (χ0n) is 9.93. The lowest BCUT2D eigenvalue weighted by atomic mass is 10.0. The molecule has 2 heteroatoms. The van der Waals surface area contributed by atoms with E-state index in [1.165, 1.54) is 40.4 Å². The summed E-state index contributed by atoms with van der Waals surface area (Å²) in [6, 6.07) is 5.22. The quantitative estimate of drug-likeness (QED) is 0.807. The van der Waals surface area contributed by atoms with E-state index in [4.69, 9.17) is 0 Å². The summed E-state index contributed by atoms with van der Waals surface area (Å²) in [4.78, 5) is 3.40. The lowest BCUT2D eigenvalue weighted by Gasteiger charge is -2.03. The number of aromatic amines is 1. The first kappa shape index (κ1) is 9.91. The number of H-pyrrole nitrogens is 1. The molecule has 1 saturated carbocycles. The summed E-state index contributed by atoms with van der Waals surface area (Å²) in [5, 5.41) is 4.94. The van der Waals surface area contributed by atoms with Crippen LogP contribution in [0.2, 0.25) is 0 Å². The minimum absolute atomic E-state index is 0.775. The van der Waals surface area contributed by atoms with Crippen LogP contribution in [0.3, 0.4) is 0 Å². The summed E-state index contributed by atoms with van der Waals surface area (Å²) in [6.07, 6.45) is 4.84. The van der Waals surface area contributed by atoms with Crippen molar-refractivity contribution in [1.82, 2.24) is 10.3 Å². The van der Waals surface area contributed by atoms with Crippen molar-refractivity contribution >= 4 is 10.9 Å². The maximum absolute atomic E-state index is 3.57. The highest BCUT2D eigenvalue weighted by Gasteiger charge is 2.20. The van der Waals surface area contributed by atoms with Crippen molar-refractivity contribution in [3.05, 3.63) is 35.0 Å². The molecule has 2 aromatic rings. The van der Waals surface area contributed by atoms with Gasteiger partial charge in [-0.25, -0.2) is 0 Å². The summed E-state index contributed by atoms with van der Waals surface area (Å²) >= 11 is 0. The van der Waals surface area contributed by atoms with Gasteiger partial charge in [-0.05, 0) is 43.4 Å². The number of rotatable bonds is 3.